The van der Waals surface area contributed by atoms with Crippen LogP contribution in [0.5, 0.6) is 0 Å². The summed E-state index contributed by atoms with van der Waals surface area (Å²) < 4.78 is 0. The highest BCUT2D eigenvalue weighted by molar-refractivity contribution is 6.42. The summed E-state index contributed by atoms with van der Waals surface area (Å²) in [6, 6.07) is 15.0. The van der Waals surface area contributed by atoms with Gasteiger partial charge in [-0.25, -0.2) is 4.99 Å². The molecule has 0 aromatic heterocycles. The summed E-state index contributed by atoms with van der Waals surface area (Å²) >= 11 is 11.8. The van der Waals surface area contributed by atoms with Crippen molar-refractivity contribution in [1.29, 1.82) is 0 Å². The Balaban J connectivity index is 2.15. The Labute approximate surface area is 122 Å². The first-order valence-corrected chi connectivity index (χ1v) is 6.43. The van der Waals surface area contributed by atoms with Gasteiger partial charge >= 0.3 is 0 Å². The van der Waals surface area contributed by atoms with Crippen LogP contribution in [0.2, 0.25) is 10.0 Å². The van der Waals surface area contributed by atoms with E-state index in [1.54, 1.807) is 24.4 Å². The number of aliphatic imine (C=N–C) groups is 1. The van der Waals surface area contributed by atoms with Crippen LogP contribution in [0, 0.1) is 0 Å². The molecule has 0 amide bonds. The average molecular weight is 291 g/mol. The molecule has 0 unspecified atom stereocenters. The van der Waals surface area contributed by atoms with Crippen LogP contribution >= 0.6 is 23.2 Å². The Bertz CT molecular complexity index is 619. The average Bonchev–Trinajstić information content (AvgIpc) is 2.43. The van der Waals surface area contributed by atoms with Crippen LogP contribution in [0.1, 0.15) is 11.1 Å². The van der Waals surface area contributed by atoms with Crippen molar-refractivity contribution in [2.75, 3.05) is 0 Å². The number of nitrogens with zero attached hydrogens (tertiary/aromatic N) is 1. The number of halogens is 2. The van der Waals surface area contributed by atoms with Gasteiger partial charge in [0, 0.05) is 11.8 Å². The fraction of sp³-hybridized carbons (Fsp3) is 0. The summed E-state index contributed by atoms with van der Waals surface area (Å²) in [5.41, 5.74) is 7.68. The first-order valence-electron chi connectivity index (χ1n) is 5.67. The molecule has 0 saturated heterocycles. The van der Waals surface area contributed by atoms with Crippen molar-refractivity contribution in [1.82, 2.24) is 0 Å². The van der Waals surface area contributed by atoms with E-state index in [2.05, 4.69) is 4.99 Å². The minimum absolute atomic E-state index is 0.394. The lowest BCUT2D eigenvalue weighted by Crippen LogP contribution is -2.12. The van der Waals surface area contributed by atoms with Crippen LogP contribution in [-0.2, 0) is 0 Å². The number of nitrogens with two attached hydrogens (primary N) is 1. The minimum Gasteiger partial charge on any atom is -0.383 e. The maximum absolute atomic E-state index is 5.93. The molecular weight excluding hydrogens is 279 g/mol. The van der Waals surface area contributed by atoms with Crippen LogP contribution in [0.3, 0.4) is 0 Å². The standard InChI is InChI=1S/C15H12Cl2N2/c16-13-7-6-12(10-14(13)17)15(18)19-9-8-11-4-2-1-3-5-11/h1-10H,(H2,18,19)/b9-8+. The molecule has 96 valence electrons. The summed E-state index contributed by atoms with van der Waals surface area (Å²) in [6.07, 6.45) is 3.54. The summed E-state index contributed by atoms with van der Waals surface area (Å²) in [5.74, 6) is 0.394. The van der Waals surface area contributed by atoms with Crippen LogP contribution in [0.4, 0.5) is 0 Å². The normalized spacial score (nSPS) is 12.0. The summed E-state index contributed by atoms with van der Waals surface area (Å²) in [6.45, 7) is 0. The van der Waals surface area contributed by atoms with Crippen molar-refractivity contribution in [2.24, 2.45) is 10.7 Å². The van der Waals surface area contributed by atoms with Crippen LogP contribution in [-0.4, -0.2) is 5.84 Å². The van der Waals surface area contributed by atoms with Crippen LogP contribution in [0.25, 0.3) is 6.08 Å². The Hall–Kier alpha value is -1.77. The largest absolute Gasteiger partial charge is 0.383 e. The second kappa shape index (κ2) is 6.41. The molecule has 0 aliphatic rings. The molecule has 0 aliphatic heterocycles. The van der Waals surface area contributed by atoms with Gasteiger partial charge in [-0.15, -0.1) is 0 Å². The van der Waals surface area contributed by atoms with Gasteiger partial charge in [-0.1, -0.05) is 53.5 Å². The van der Waals surface area contributed by atoms with Gasteiger partial charge in [0.2, 0.25) is 0 Å². The number of benzene rings is 2. The Kier molecular flexibility index (Phi) is 4.61. The van der Waals surface area contributed by atoms with E-state index in [1.807, 2.05) is 36.4 Å². The van der Waals surface area contributed by atoms with Gasteiger partial charge in [0.15, 0.2) is 0 Å². The molecule has 2 rings (SSSR count). The van der Waals surface area contributed by atoms with E-state index in [1.165, 1.54) is 0 Å². The molecule has 0 saturated carbocycles. The number of hydrogen-bond acceptors (Lipinski definition) is 1. The number of hydrogen-bond donors (Lipinski definition) is 1. The molecule has 2 N–H and O–H groups in total. The van der Waals surface area contributed by atoms with Crippen molar-refractivity contribution in [2.45, 2.75) is 0 Å². The maximum atomic E-state index is 5.93. The molecule has 2 nitrogen and oxygen atoms in total. The summed E-state index contributed by atoms with van der Waals surface area (Å²) in [7, 11) is 0. The maximum Gasteiger partial charge on any atom is 0.130 e. The third-order valence-electron chi connectivity index (χ3n) is 2.50. The quantitative estimate of drug-likeness (QED) is 0.662. The fourth-order valence-corrected chi connectivity index (χ4v) is 1.80. The van der Waals surface area contributed by atoms with Crippen molar-refractivity contribution >= 4 is 35.1 Å². The van der Waals surface area contributed by atoms with Gasteiger partial charge < -0.3 is 5.73 Å². The second-order valence-electron chi connectivity index (χ2n) is 3.87. The van der Waals surface area contributed by atoms with Gasteiger partial charge in [-0.2, -0.15) is 0 Å². The number of rotatable bonds is 3. The van der Waals surface area contributed by atoms with Gasteiger partial charge in [0.05, 0.1) is 10.0 Å². The molecule has 0 bridgehead atoms. The van der Waals surface area contributed by atoms with Crippen molar-refractivity contribution < 1.29 is 0 Å². The molecule has 0 spiro atoms. The lowest BCUT2D eigenvalue weighted by atomic mass is 10.2. The monoisotopic (exact) mass is 290 g/mol. The molecule has 0 atom stereocenters. The zero-order chi connectivity index (χ0) is 13.7. The molecule has 2 aromatic rings. The van der Waals surface area contributed by atoms with Crippen LogP contribution < -0.4 is 5.73 Å². The highest BCUT2D eigenvalue weighted by Crippen LogP contribution is 2.22. The van der Waals surface area contributed by atoms with Gasteiger partial charge in [-0.3, -0.25) is 0 Å². The predicted octanol–water partition coefficient (Wildman–Crippen LogP) is 4.37. The first-order chi connectivity index (χ1) is 9.16. The molecule has 19 heavy (non-hydrogen) atoms. The Morgan fingerprint density at radius 2 is 1.74 bits per heavy atom. The molecule has 0 fully saturated rings. The van der Waals surface area contributed by atoms with Gasteiger partial charge in [-0.05, 0) is 29.8 Å². The molecule has 4 heteroatoms. The smallest absolute Gasteiger partial charge is 0.130 e. The topological polar surface area (TPSA) is 38.4 Å². The number of amidine groups is 1. The van der Waals surface area contributed by atoms with Gasteiger partial charge in [0.25, 0.3) is 0 Å². The molecule has 2 aromatic carbocycles. The lowest BCUT2D eigenvalue weighted by molar-refractivity contribution is 1.47. The van der Waals surface area contributed by atoms with Gasteiger partial charge in [0.1, 0.15) is 5.84 Å². The van der Waals surface area contributed by atoms with E-state index >= 15 is 0 Å². The van der Waals surface area contributed by atoms with Crippen molar-refractivity contribution in [3.05, 3.63) is 75.9 Å². The SMILES string of the molecule is NC(=N/C=C/c1ccccc1)c1ccc(Cl)c(Cl)c1. The first kappa shape index (κ1) is 13.7. The fourth-order valence-electron chi connectivity index (χ4n) is 1.50. The Morgan fingerprint density at radius 3 is 2.42 bits per heavy atom. The Morgan fingerprint density at radius 1 is 1.00 bits per heavy atom. The molecule has 0 aliphatic carbocycles. The third-order valence-corrected chi connectivity index (χ3v) is 3.23. The van der Waals surface area contributed by atoms with E-state index in [9.17, 15) is 0 Å². The zero-order valence-electron chi connectivity index (χ0n) is 10.1. The lowest BCUT2D eigenvalue weighted by Gasteiger charge is -2.01. The predicted molar refractivity (Wildman–Crippen MR) is 82.7 cm³/mol. The highest BCUT2D eigenvalue weighted by atomic mass is 35.5. The van der Waals surface area contributed by atoms with E-state index in [4.69, 9.17) is 28.9 Å². The van der Waals surface area contributed by atoms with E-state index < -0.39 is 0 Å². The van der Waals surface area contributed by atoms with Crippen LogP contribution in [0.15, 0.2) is 59.7 Å². The van der Waals surface area contributed by atoms with Crippen molar-refractivity contribution in [3.8, 4) is 0 Å². The van der Waals surface area contributed by atoms with E-state index in [0.717, 1.165) is 11.1 Å². The molecule has 0 radical (unpaired) electrons. The highest BCUT2D eigenvalue weighted by Gasteiger charge is 2.01. The second-order valence-corrected chi connectivity index (χ2v) is 4.68. The summed E-state index contributed by atoms with van der Waals surface area (Å²) in [4.78, 5) is 4.17. The minimum atomic E-state index is 0.394. The van der Waals surface area contributed by atoms with Crippen molar-refractivity contribution in [3.63, 3.8) is 0 Å². The van der Waals surface area contributed by atoms with E-state index in [0.29, 0.717) is 15.9 Å². The third kappa shape index (κ3) is 3.85. The zero-order valence-corrected chi connectivity index (χ0v) is 11.6. The molecule has 0 heterocycles. The molecular formula is C15H12Cl2N2. The van der Waals surface area contributed by atoms with E-state index in [-0.39, 0.29) is 0 Å². The summed E-state index contributed by atoms with van der Waals surface area (Å²) in [5, 5.41) is 0.961.